The molecule has 1 atom stereocenters. The van der Waals surface area contributed by atoms with Crippen molar-refractivity contribution in [3.8, 4) is 0 Å². The van der Waals surface area contributed by atoms with Gasteiger partial charge < -0.3 is 15.2 Å². The molecule has 6 nitrogen and oxygen atoms in total. The topological polar surface area (TPSA) is 75.9 Å². The maximum atomic E-state index is 11.3. The summed E-state index contributed by atoms with van der Waals surface area (Å²) in [6, 6.07) is 5.36. The zero-order valence-corrected chi connectivity index (χ0v) is 11.0. The number of anilines is 1. The summed E-state index contributed by atoms with van der Waals surface area (Å²) in [6.45, 7) is 4.98. The molecular formula is C13H17N3O3. The van der Waals surface area contributed by atoms with Crippen LogP contribution in [0.4, 0.5) is 5.82 Å². The second-order valence-electron chi connectivity index (χ2n) is 4.19. The van der Waals surface area contributed by atoms with Gasteiger partial charge in [-0.25, -0.2) is 9.78 Å². The molecule has 2 N–H and O–H groups in total. The fourth-order valence-electron chi connectivity index (χ4n) is 1.91. The number of fused-ring (bicyclic) bond motifs is 1. The van der Waals surface area contributed by atoms with E-state index in [0.29, 0.717) is 24.6 Å². The molecule has 102 valence electrons. The molecule has 19 heavy (non-hydrogen) atoms. The van der Waals surface area contributed by atoms with Crippen LogP contribution >= 0.6 is 0 Å². The Morgan fingerprint density at radius 2 is 2.37 bits per heavy atom. The standard InChI is InChI=1S/C13H17N3O3/c1-3-19-9(2)8-14-12-11(13(17)18)16-7-5-4-6-10(16)15-12/h4-7,9,14H,3,8H2,1-2H3,(H,17,18). The summed E-state index contributed by atoms with van der Waals surface area (Å²) < 4.78 is 6.95. The van der Waals surface area contributed by atoms with Crippen molar-refractivity contribution in [2.24, 2.45) is 0 Å². The number of pyridine rings is 1. The summed E-state index contributed by atoms with van der Waals surface area (Å²) >= 11 is 0. The molecule has 2 aromatic heterocycles. The van der Waals surface area contributed by atoms with Crippen molar-refractivity contribution in [3.05, 3.63) is 30.1 Å². The SMILES string of the molecule is CCOC(C)CNc1nc2ccccn2c1C(=O)O. The number of rotatable bonds is 6. The molecule has 0 aromatic carbocycles. The molecule has 0 saturated heterocycles. The first-order valence-electron chi connectivity index (χ1n) is 6.19. The van der Waals surface area contributed by atoms with E-state index in [9.17, 15) is 9.90 Å². The predicted molar refractivity (Wildman–Crippen MR) is 71.7 cm³/mol. The van der Waals surface area contributed by atoms with Gasteiger partial charge in [-0.3, -0.25) is 4.40 Å². The second kappa shape index (κ2) is 5.71. The van der Waals surface area contributed by atoms with E-state index in [1.807, 2.05) is 19.9 Å². The van der Waals surface area contributed by atoms with Gasteiger partial charge in [-0.05, 0) is 26.0 Å². The van der Waals surface area contributed by atoms with Gasteiger partial charge in [0.15, 0.2) is 11.5 Å². The number of carboxylic acid groups (broad SMARTS) is 1. The summed E-state index contributed by atoms with van der Waals surface area (Å²) in [7, 11) is 0. The van der Waals surface area contributed by atoms with E-state index in [4.69, 9.17) is 4.74 Å². The minimum absolute atomic E-state index is 0.00328. The first-order chi connectivity index (χ1) is 9.13. The number of carboxylic acids is 1. The number of imidazole rings is 1. The Kier molecular flexibility index (Phi) is 4.01. The van der Waals surface area contributed by atoms with Crippen molar-refractivity contribution in [2.45, 2.75) is 20.0 Å². The van der Waals surface area contributed by atoms with Crippen LogP contribution in [0.3, 0.4) is 0 Å². The van der Waals surface area contributed by atoms with E-state index in [-0.39, 0.29) is 11.8 Å². The summed E-state index contributed by atoms with van der Waals surface area (Å²) in [5.74, 6) is -0.643. The lowest BCUT2D eigenvalue weighted by atomic mass is 10.3. The van der Waals surface area contributed by atoms with Gasteiger partial charge in [0, 0.05) is 19.3 Å². The fraction of sp³-hybridized carbons (Fsp3) is 0.385. The third kappa shape index (κ3) is 2.85. The number of aromatic nitrogens is 2. The Labute approximate surface area is 111 Å². The smallest absolute Gasteiger partial charge is 0.356 e. The van der Waals surface area contributed by atoms with E-state index in [1.165, 1.54) is 0 Å². The molecular weight excluding hydrogens is 246 g/mol. The molecule has 2 rings (SSSR count). The summed E-state index contributed by atoms with van der Waals surface area (Å²) in [6.07, 6.45) is 1.68. The Morgan fingerprint density at radius 3 is 3.05 bits per heavy atom. The van der Waals surface area contributed by atoms with Crippen molar-refractivity contribution in [1.29, 1.82) is 0 Å². The lowest BCUT2D eigenvalue weighted by Crippen LogP contribution is -2.21. The first kappa shape index (κ1) is 13.4. The second-order valence-corrected chi connectivity index (χ2v) is 4.19. The summed E-state index contributed by atoms with van der Waals surface area (Å²) in [5.41, 5.74) is 0.741. The Balaban J connectivity index is 2.27. The summed E-state index contributed by atoms with van der Waals surface area (Å²) in [5, 5.41) is 12.3. The molecule has 0 fully saturated rings. The molecule has 2 heterocycles. The molecule has 1 unspecified atom stereocenters. The van der Waals surface area contributed by atoms with Gasteiger partial charge in [-0.15, -0.1) is 0 Å². The molecule has 0 amide bonds. The zero-order chi connectivity index (χ0) is 13.8. The van der Waals surface area contributed by atoms with Gasteiger partial charge >= 0.3 is 5.97 Å². The fourth-order valence-corrected chi connectivity index (χ4v) is 1.91. The molecule has 0 bridgehead atoms. The number of ether oxygens (including phenoxy) is 1. The van der Waals surface area contributed by atoms with Crippen LogP contribution in [0.1, 0.15) is 24.3 Å². The van der Waals surface area contributed by atoms with Gasteiger partial charge in [-0.1, -0.05) is 6.07 Å². The van der Waals surface area contributed by atoms with Crippen LogP contribution in [0, 0.1) is 0 Å². The van der Waals surface area contributed by atoms with Gasteiger partial charge in [0.25, 0.3) is 0 Å². The van der Waals surface area contributed by atoms with Crippen molar-refractivity contribution in [1.82, 2.24) is 9.38 Å². The molecule has 0 aliphatic heterocycles. The average molecular weight is 263 g/mol. The van der Waals surface area contributed by atoms with Crippen LogP contribution in [-0.4, -0.2) is 39.7 Å². The molecule has 0 spiro atoms. The van der Waals surface area contributed by atoms with E-state index in [1.54, 1.807) is 22.7 Å². The lowest BCUT2D eigenvalue weighted by Gasteiger charge is -2.12. The molecule has 0 aliphatic rings. The quantitative estimate of drug-likeness (QED) is 0.832. The van der Waals surface area contributed by atoms with Crippen molar-refractivity contribution in [2.75, 3.05) is 18.5 Å². The highest BCUT2D eigenvalue weighted by Crippen LogP contribution is 2.17. The first-order valence-corrected chi connectivity index (χ1v) is 6.19. The highest BCUT2D eigenvalue weighted by atomic mass is 16.5. The maximum Gasteiger partial charge on any atom is 0.356 e. The maximum absolute atomic E-state index is 11.3. The summed E-state index contributed by atoms with van der Waals surface area (Å²) in [4.78, 5) is 15.6. The van der Waals surface area contributed by atoms with E-state index in [0.717, 1.165) is 0 Å². The number of hydrogen-bond acceptors (Lipinski definition) is 4. The highest BCUT2D eigenvalue weighted by Gasteiger charge is 2.18. The van der Waals surface area contributed by atoms with Crippen LogP contribution in [-0.2, 0) is 4.74 Å². The third-order valence-corrected chi connectivity index (χ3v) is 2.74. The van der Waals surface area contributed by atoms with Crippen LogP contribution in [0.5, 0.6) is 0 Å². The molecule has 0 aliphatic carbocycles. The normalized spacial score (nSPS) is 12.5. The Morgan fingerprint density at radius 1 is 1.58 bits per heavy atom. The molecule has 2 aromatic rings. The van der Waals surface area contributed by atoms with Crippen molar-refractivity contribution in [3.63, 3.8) is 0 Å². The average Bonchev–Trinajstić information content (AvgIpc) is 2.75. The zero-order valence-electron chi connectivity index (χ0n) is 11.0. The number of nitrogens with one attached hydrogen (secondary N) is 1. The third-order valence-electron chi connectivity index (χ3n) is 2.74. The predicted octanol–water partition coefficient (Wildman–Crippen LogP) is 1.87. The highest BCUT2D eigenvalue weighted by molar-refractivity contribution is 5.92. The van der Waals surface area contributed by atoms with Gasteiger partial charge in [0.1, 0.15) is 5.65 Å². The van der Waals surface area contributed by atoms with Gasteiger partial charge in [-0.2, -0.15) is 0 Å². The number of carbonyl (C=O) groups is 1. The van der Waals surface area contributed by atoms with Crippen molar-refractivity contribution >= 4 is 17.4 Å². The van der Waals surface area contributed by atoms with Gasteiger partial charge in [0.05, 0.1) is 6.10 Å². The van der Waals surface area contributed by atoms with Crippen LogP contribution in [0.25, 0.3) is 5.65 Å². The Bertz CT molecular complexity index is 580. The number of aromatic carboxylic acids is 1. The van der Waals surface area contributed by atoms with Crippen LogP contribution < -0.4 is 5.32 Å². The van der Waals surface area contributed by atoms with Gasteiger partial charge in [0.2, 0.25) is 0 Å². The van der Waals surface area contributed by atoms with Crippen LogP contribution in [0.15, 0.2) is 24.4 Å². The molecule has 0 saturated carbocycles. The lowest BCUT2D eigenvalue weighted by molar-refractivity contribution is 0.0689. The van der Waals surface area contributed by atoms with E-state index in [2.05, 4.69) is 10.3 Å². The molecule has 0 radical (unpaired) electrons. The Hall–Kier alpha value is -2.08. The minimum Gasteiger partial charge on any atom is -0.476 e. The monoisotopic (exact) mass is 263 g/mol. The molecule has 6 heteroatoms. The van der Waals surface area contributed by atoms with E-state index < -0.39 is 5.97 Å². The number of hydrogen-bond donors (Lipinski definition) is 2. The van der Waals surface area contributed by atoms with Crippen LogP contribution in [0.2, 0.25) is 0 Å². The minimum atomic E-state index is -1.01. The van der Waals surface area contributed by atoms with Crippen molar-refractivity contribution < 1.29 is 14.6 Å². The van der Waals surface area contributed by atoms with E-state index >= 15 is 0 Å². The number of nitrogens with zero attached hydrogens (tertiary/aromatic N) is 2. The largest absolute Gasteiger partial charge is 0.476 e.